The summed E-state index contributed by atoms with van der Waals surface area (Å²) in [5, 5.41) is 0. The SMILES string of the molecule is O=S(=O)([O-])C(F)C(F)(F)C(F)(F)C(F)F.[K+]. The summed E-state index contributed by atoms with van der Waals surface area (Å²) in [4.78, 5) is 0. The minimum absolute atomic E-state index is 0. The Morgan fingerprint density at radius 1 is 0.938 bits per heavy atom. The molecule has 0 spiro atoms. The smallest absolute Gasteiger partial charge is 0.746 e. The summed E-state index contributed by atoms with van der Waals surface area (Å²) in [5.41, 5.74) is -4.94. The van der Waals surface area contributed by atoms with E-state index in [-0.39, 0.29) is 51.4 Å². The molecule has 0 bridgehead atoms. The molecule has 3 nitrogen and oxygen atoms in total. The van der Waals surface area contributed by atoms with Crippen LogP contribution in [0.5, 0.6) is 0 Å². The Hall–Kier alpha value is 1.06. The van der Waals surface area contributed by atoms with Crippen molar-refractivity contribution in [2.24, 2.45) is 0 Å². The van der Waals surface area contributed by atoms with Crippen molar-refractivity contribution in [2.45, 2.75) is 23.8 Å². The second-order valence-electron chi connectivity index (χ2n) is 2.36. The fourth-order valence-corrected chi connectivity index (χ4v) is 0.998. The zero-order valence-corrected chi connectivity index (χ0v) is 11.4. The van der Waals surface area contributed by atoms with Gasteiger partial charge in [0, 0.05) is 0 Å². The third-order valence-electron chi connectivity index (χ3n) is 1.26. The van der Waals surface area contributed by atoms with Gasteiger partial charge in [-0.05, 0) is 0 Å². The third kappa shape index (κ3) is 3.78. The first-order valence-corrected chi connectivity index (χ1v) is 4.45. The van der Waals surface area contributed by atoms with Crippen molar-refractivity contribution < 1.29 is 95.1 Å². The Morgan fingerprint density at radius 2 is 1.25 bits per heavy atom. The third-order valence-corrected chi connectivity index (χ3v) is 2.06. The second-order valence-corrected chi connectivity index (χ2v) is 3.75. The standard InChI is InChI=1S/C4H3F7O3S.K/c5-1(6)3(8,9)4(10,11)2(7)15(12,13)14;/h1-2H,(H,12,13,14);/q;+1/p-1. The van der Waals surface area contributed by atoms with E-state index in [1.165, 1.54) is 0 Å². The van der Waals surface area contributed by atoms with Gasteiger partial charge in [-0.1, -0.05) is 0 Å². The van der Waals surface area contributed by atoms with Crippen LogP contribution in [-0.2, 0) is 10.1 Å². The van der Waals surface area contributed by atoms with Gasteiger partial charge >= 0.3 is 69.7 Å². The number of hydrogen-bond acceptors (Lipinski definition) is 3. The zero-order chi connectivity index (χ0) is 12.7. The van der Waals surface area contributed by atoms with E-state index in [0.717, 1.165) is 0 Å². The summed E-state index contributed by atoms with van der Waals surface area (Å²) < 4.78 is 112. The molecule has 92 valence electrons. The summed E-state index contributed by atoms with van der Waals surface area (Å²) in [6.45, 7) is 0. The van der Waals surface area contributed by atoms with Crippen LogP contribution in [0.3, 0.4) is 0 Å². The average Bonchev–Trinajstić information content (AvgIpc) is 2.00. The fraction of sp³-hybridized carbons (Fsp3) is 1.00. The number of rotatable bonds is 4. The van der Waals surface area contributed by atoms with Gasteiger partial charge in [-0.15, -0.1) is 0 Å². The van der Waals surface area contributed by atoms with E-state index in [2.05, 4.69) is 0 Å². The molecule has 0 amide bonds. The summed E-state index contributed by atoms with van der Waals surface area (Å²) >= 11 is 0. The molecule has 0 fully saturated rings. The molecule has 0 heterocycles. The van der Waals surface area contributed by atoms with E-state index in [1.807, 2.05) is 0 Å². The normalized spacial score (nSPS) is 15.8. The molecule has 0 saturated heterocycles. The molecule has 12 heteroatoms. The van der Waals surface area contributed by atoms with Gasteiger partial charge in [-0.3, -0.25) is 0 Å². The Bertz CT molecular complexity index is 329. The van der Waals surface area contributed by atoms with Gasteiger partial charge in [-0.2, -0.15) is 17.6 Å². The number of alkyl halides is 7. The number of halogens is 7. The summed E-state index contributed by atoms with van der Waals surface area (Å²) in [6, 6.07) is 0. The van der Waals surface area contributed by atoms with E-state index in [4.69, 9.17) is 0 Å². The first-order valence-electron chi connectivity index (χ1n) is 2.97. The average molecular weight is 302 g/mol. The van der Waals surface area contributed by atoms with Gasteiger partial charge in [-0.25, -0.2) is 21.6 Å². The maximum atomic E-state index is 12.2. The van der Waals surface area contributed by atoms with Crippen LogP contribution in [0, 0.1) is 0 Å². The molecule has 1 unspecified atom stereocenters. The maximum absolute atomic E-state index is 12.2. The molecule has 0 rings (SSSR count). The molecule has 1 atom stereocenters. The van der Waals surface area contributed by atoms with Gasteiger partial charge in [0.2, 0.25) is 0 Å². The molecule has 0 aliphatic carbocycles. The van der Waals surface area contributed by atoms with Crippen LogP contribution >= 0.6 is 0 Å². The summed E-state index contributed by atoms with van der Waals surface area (Å²) in [7, 11) is -6.46. The molecule has 0 saturated carbocycles. The molecule has 0 aliphatic rings. The Balaban J connectivity index is 0. The predicted molar refractivity (Wildman–Crippen MR) is 30.5 cm³/mol. The monoisotopic (exact) mass is 302 g/mol. The molecule has 0 aliphatic heterocycles. The van der Waals surface area contributed by atoms with Crippen LogP contribution in [-0.4, -0.2) is 36.7 Å². The summed E-state index contributed by atoms with van der Waals surface area (Å²) in [5.74, 6) is -12.5. The van der Waals surface area contributed by atoms with Crippen LogP contribution in [0.4, 0.5) is 30.7 Å². The van der Waals surface area contributed by atoms with Crippen molar-refractivity contribution in [3.05, 3.63) is 0 Å². The Labute approximate surface area is 128 Å². The largest absolute Gasteiger partial charge is 1.00 e. The van der Waals surface area contributed by atoms with Crippen LogP contribution < -0.4 is 51.4 Å². The fourth-order valence-electron chi connectivity index (χ4n) is 0.478. The Morgan fingerprint density at radius 3 is 1.44 bits per heavy atom. The van der Waals surface area contributed by atoms with Crippen molar-refractivity contribution in [3.63, 3.8) is 0 Å². The topological polar surface area (TPSA) is 57.2 Å². The van der Waals surface area contributed by atoms with E-state index < -0.39 is 33.9 Å². The predicted octanol–water partition coefficient (Wildman–Crippen LogP) is -1.63. The first kappa shape index (κ1) is 19.4. The molecular weight excluding hydrogens is 300 g/mol. The maximum Gasteiger partial charge on any atom is 1.00 e. The molecule has 16 heavy (non-hydrogen) atoms. The molecular formula is C4H2F7KO3S. The molecule has 0 radical (unpaired) electrons. The second kappa shape index (κ2) is 5.80. The van der Waals surface area contributed by atoms with Crippen LogP contribution in [0.25, 0.3) is 0 Å². The van der Waals surface area contributed by atoms with E-state index >= 15 is 0 Å². The zero-order valence-electron chi connectivity index (χ0n) is 7.43. The molecule has 0 aromatic heterocycles. The van der Waals surface area contributed by atoms with E-state index in [1.54, 1.807) is 0 Å². The van der Waals surface area contributed by atoms with Gasteiger partial charge in [0.05, 0.1) is 0 Å². The first-order chi connectivity index (χ1) is 6.35. The minimum Gasteiger partial charge on any atom is -0.746 e. The van der Waals surface area contributed by atoms with E-state index in [0.29, 0.717) is 0 Å². The molecule has 0 aromatic carbocycles. The molecule has 0 N–H and O–H groups in total. The van der Waals surface area contributed by atoms with Crippen molar-refractivity contribution in [1.82, 2.24) is 0 Å². The van der Waals surface area contributed by atoms with Gasteiger partial charge < -0.3 is 4.55 Å². The van der Waals surface area contributed by atoms with Crippen molar-refractivity contribution in [2.75, 3.05) is 0 Å². The van der Waals surface area contributed by atoms with Gasteiger partial charge in [0.1, 0.15) is 10.1 Å². The van der Waals surface area contributed by atoms with Crippen molar-refractivity contribution >= 4 is 10.1 Å². The number of hydrogen-bond donors (Lipinski definition) is 0. The van der Waals surface area contributed by atoms with Gasteiger partial charge in [0.25, 0.3) is 5.50 Å². The Kier molecular flexibility index (Phi) is 7.03. The van der Waals surface area contributed by atoms with Crippen LogP contribution in [0.1, 0.15) is 0 Å². The van der Waals surface area contributed by atoms with Crippen LogP contribution in [0.15, 0.2) is 0 Å². The van der Waals surface area contributed by atoms with Gasteiger partial charge in [0.15, 0.2) is 0 Å². The quantitative estimate of drug-likeness (QED) is 0.356. The van der Waals surface area contributed by atoms with Crippen molar-refractivity contribution in [1.29, 1.82) is 0 Å². The van der Waals surface area contributed by atoms with Crippen molar-refractivity contribution in [3.8, 4) is 0 Å². The van der Waals surface area contributed by atoms with Crippen LogP contribution in [0.2, 0.25) is 0 Å². The summed E-state index contributed by atoms with van der Waals surface area (Å²) in [6.07, 6.45) is -5.01. The molecule has 0 aromatic rings. The minimum atomic E-state index is -6.46. The van der Waals surface area contributed by atoms with E-state index in [9.17, 15) is 43.7 Å².